The minimum atomic E-state index is -0.516. The number of carbonyl (C=O) groups is 1. The van der Waals surface area contributed by atoms with Crippen LogP contribution < -0.4 is 5.32 Å². The van der Waals surface area contributed by atoms with Gasteiger partial charge in [-0.25, -0.2) is 0 Å². The van der Waals surface area contributed by atoms with Gasteiger partial charge in [0.05, 0.1) is 11.1 Å². The van der Waals surface area contributed by atoms with E-state index in [4.69, 9.17) is 11.6 Å². The highest BCUT2D eigenvalue weighted by atomic mass is 35.5. The molecule has 5 heteroatoms. The van der Waals surface area contributed by atoms with Crippen LogP contribution in [0.1, 0.15) is 30.3 Å². The second-order valence-corrected chi connectivity index (χ2v) is 5.27. The zero-order chi connectivity index (χ0) is 14.7. The van der Waals surface area contributed by atoms with Crippen LogP contribution in [0.4, 0.5) is 0 Å². The van der Waals surface area contributed by atoms with Gasteiger partial charge in [0, 0.05) is 24.5 Å². The lowest BCUT2D eigenvalue weighted by Crippen LogP contribution is -2.33. The first-order valence-electron chi connectivity index (χ1n) is 6.75. The van der Waals surface area contributed by atoms with Crippen molar-refractivity contribution in [3.8, 4) is 0 Å². The van der Waals surface area contributed by atoms with E-state index in [2.05, 4.69) is 5.32 Å². The number of hydrogen-bond donors (Lipinski definition) is 2. The minimum absolute atomic E-state index is 0.241. The highest BCUT2D eigenvalue weighted by molar-refractivity contribution is 6.38. The van der Waals surface area contributed by atoms with E-state index in [1.165, 1.54) is 0 Å². The fourth-order valence-corrected chi connectivity index (χ4v) is 2.70. The SMILES string of the molecule is CCCC(O)CNC(=O)c1c(Cl)c2ccccc2n1C. The van der Waals surface area contributed by atoms with Crippen LogP contribution in [0.3, 0.4) is 0 Å². The third-order valence-corrected chi connectivity index (χ3v) is 3.76. The van der Waals surface area contributed by atoms with Crippen LogP contribution in [0, 0.1) is 0 Å². The van der Waals surface area contributed by atoms with Gasteiger partial charge >= 0.3 is 0 Å². The number of rotatable bonds is 5. The molecule has 1 atom stereocenters. The smallest absolute Gasteiger partial charge is 0.269 e. The molecule has 0 bridgehead atoms. The van der Waals surface area contributed by atoms with E-state index in [0.29, 0.717) is 17.1 Å². The molecule has 1 heterocycles. The van der Waals surface area contributed by atoms with Gasteiger partial charge in [-0.3, -0.25) is 4.79 Å². The Morgan fingerprint density at radius 1 is 1.45 bits per heavy atom. The van der Waals surface area contributed by atoms with Gasteiger partial charge in [-0.2, -0.15) is 0 Å². The Hall–Kier alpha value is -1.52. The average Bonchev–Trinajstić information content (AvgIpc) is 2.69. The van der Waals surface area contributed by atoms with Gasteiger partial charge in [-0.15, -0.1) is 0 Å². The van der Waals surface area contributed by atoms with Crippen molar-refractivity contribution < 1.29 is 9.90 Å². The summed E-state index contributed by atoms with van der Waals surface area (Å²) < 4.78 is 1.78. The summed E-state index contributed by atoms with van der Waals surface area (Å²) >= 11 is 6.29. The lowest BCUT2D eigenvalue weighted by Gasteiger charge is -2.11. The van der Waals surface area contributed by atoms with Crippen molar-refractivity contribution in [2.75, 3.05) is 6.54 Å². The van der Waals surface area contributed by atoms with Crippen LogP contribution >= 0.6 is 11.6 Å². The van der Waals surface area contributed by atoms with Crippen LogP contribution in [0.15, 0.2) is 24.3 Å². The Morgan fingerprint density at radius 3 is 2.80 bits per heavy atom. The monoisotopic (exact) mass is 294 g/mol. The predicted molar refractivity (Wildman–Crippen MR) is 81.2 cm³/mol. The maximum Gasteiger partial charge on any atom is 0.269 e. The maximum absolute atomic E-state index is 12.2. The summed E-state index contributed by atoms with van der Waals surface area (Å²) in [5, 5.41) is 13.7. The number of carbonyl (C=O) groups excluding carboxylic acids is 1. The molecule has 108 valence electrons. The summed E-state index contributed by atoms with van der Waals surface area (Å²) in [7, 11) is 1.81. The zero-order valence-electron chi connectivity index (χ0n) is 11.7. The highest BCUT2D eigenvalue weighted by Gasteiger charge is 2.19. The molecule has 2 rings (SSSR count). The third kappa shape index (κ3) is 2.81. The average molecular weight is 295 g/mol. The molecule has 0 aliphatic carbocycles. The minimum Gasteiger partial charge on any atom is -0.391 e. The van der Waals surface area contributed by atoms with Crippen LogP contribution in [0.25, 0.3) is 10.9 Å². The number of para-hydroxylation sites is 1. The largest absolute Gasteiger partial charge is 0.391 e. The molecule has 2 aromatic rings. The molecular weight excluding hydrogens is 276 g/mol. The molecule has 1 unspecified atom stereocenters. The van der Waals surface area contributed by atoms with E-state index < -0.39 is 6.10 Å². The van der Waals surface area contributed by atoms with E-state index in [-0.39, 0.29) is 12.5 Å². The van der Waals surface area contributed by atoms with E-state index >= 15 is 0 Å². The van der Waals surface area contributed by atoms with Crippen LogP contribution in [-0.4, -0.2) is 28.2 Å². The van der Waals surface area contributed by atoms with E-state index in [1.807, 2.05) is 38.2 Å². The molecule has 0 saturated carbocycles. The first-order valence-corrected chi connectivity index (χ1v) is 7.13. The summed E-state index contributed by atoms with van der Waals surface area (Å²) in [6.45, 7) is 2.23. The molecular formula is C15H19ClN2O2. The number of aliphatic hydroxyl groups is 1. The maximum atomic E-state index is 12.2. The molecule has 4 nitrogen and oxygen atoms in total. The molecule has 0 saturated heterocycles. The van der Waals surface area contributed by atoms with E-state index in [0.717, 1.165) is 17.3 Å². The molecule has 0 aliphatic rings. The summed E-state index contributed by atoms with van der Waals surface area (Å²) in [4.78, 5) is 12.2. The van der Waals surface area contributed by atoms with Crippen molar-refractivity contribution in [2.24, 2.45) is 7.05 Å². The third-order valence-electron chi connectivity index (χ3n) is 3.38. The van der Waals surface area contributed by atoms with Gasteiger partial charge < -0.3 is 15.0 Å². The predicted octanol–water partition coefficient (Wildman–Crippen LogP) is 2.72. The fourth-order valence-electron chi connectivity index (χ4n) is 2.33. The van der Waals surface area contributed by atoms with Gasteiger partial charge in [0.25, 0.3) is 5.91 Å². The van der Waals surface area contributed by atoms with Crippen LogP contribution in [0.5, 0.6) is 0 Å². The molecule has 1 aromatic carbocycles. The topological polar surface area (TPSA) is 54.3 Å². The first kappa shape index (κ1) is 14.9. The number of hydrogen-bond acceptors (Lipinski definition) is 2. The van der Waals surface area contributed by atoms with Gasteiger partial charge in [-0.1, -0.05) is 43.1 Å². The number of aliphatic hydroxyl groups excluding tert-OH is 1. The highest BCUT2D eigenvalue weighted by Crippen LogP contribution is 2.29. The van der Waals surface area contributed by atoms with Crippen molar-refractivity contribution in [1.82, 2.24) is 9.88 Å². The first-order chi connectivity index (χ1) is 9.56. The number of amides is 1. The number of fused-ring (bicyclic) bond motifs is 1. The molecule has 0 radical (unpaired) electrons. The Kier molecular flexibility index (Phi) is 4.68. The normalized spacial score (nSPS) is 12.6. The fraction of sp³-hybridized carbons (Fsp3) is 0.400. The Labute approximate surface area is 123 Å². The lowest BCUT2D eigenvalue weighted by atomic mass is 10.2. The second kappa shape index (κ2) is 6.29. The zero-order valence-corrected chi connectivity index (χ0v) is 12.4. The summed E-state index contributed by atoms with van der Waals surface area (Å²) in [5.41, 5.74) is 1.34. The summed E-state index contributed by atoms with van der Waals surface area (Å²) in [6, 6.07) is 7.61. The standard InChI is InChI=1S/C15H19ClN2O2/c1-3-6-10(19)9-17-15(20)14-13(16)11-7-4-5-8-12(11)18(14)2/h4-5,7-8,10,19H,3,6,9H2,1-2H3,(H,17,20). The number of nitrogens with zero attached hydrogens (tertiary/aromatic N) is 1. The van der Waals surface area contributed by atoms with E-state index in [9.17, 15) is 9.90 Å². The van der Waals surface area contributed by atoms with Crippen LogP contribution in [0.2, 0.25) is 5.02 Å². The Bertz CT molecular complexity index is 583. The van der Waals surface area contributed by atoms with Crippen molar-refractivity contribution in [3.63, 3.8) is 0 Å². The number of aryl methyl sites for hydroxylation is 1. The van der Waals surface area contributed by atoms with Crippen LogP contribution in [-0.2, 0) is 7.05 Å². The molecule has 0 fully saturated rings. The van der Waals surface area contributed by atoms with Crippen molar-refractivity contribution in [2.45, 2.75) is 25.9 Å². The molecule has 1 aromatic heterocycles. The second-order valence-electron chi connectivity index (χ2n) is 4.89. The van der Waals surface area contributed by atoms with Gasteiger partial charge in [0.15, 0.2) is 0 Å². The molecule has 0 aliphatic heterocycles. The van der Waals surface area contributed by atoms with Gasteiger partial charge in [-0.05, 0) is 12.5 Å². The Morgan fingerprint density at radius 2 is 2.15 bits per heavy atom. The van der Waals surface area contributed by atoms with Crippen molar-refractivity contribution in [1.29, 1.82) is 0 Å². The van der Waals surface area contributed by atoms with E-state index in [1.54, 1.807) is 4.57 Å². The number of halogens is 1. The quantitative estimate of drug-likeness (QED) is 0.891. The molecule has 20 heavy (non-hydrogen) atoms. The molecule has 0 spiro atoms. The van der Waals surface area contributed by atoms with Gasteiger partial charge in [0.2, 0.25) is 0 Å². The summed E-state index contributed by atoms with van der Waals surface area (Å²) in [6.07, 6.45) is 1.03. The summed E-state index contributed by atoms with van der Waals surface area (Å²) in [5.74, 6) is -0.260. The van der Waals surface area contributed by atoms with Crippen molar-refractivity contribution in [3.05, 3.63) is 35.0 Å². The lowest BCUT2D eigenvalue weighted by molar-refractivity contribution is 0.0902. The molecule has 1 amide bonds. The number of benzene rings is 1. The number of aromatic nitrogens is 1. The van der Waals surface area contributed by atoms with Gasteiger partial charge in [0.1, 0.15) is 5.69 Å². The molecule has 2 N–H and O–H groups in total. The number of nitrogens with one attached hydrogen (secondary N) is 1. The Balaban J connectivity index is 2.22. The van der Waals surface area contributed by atoms with Crippen molar-refractivity contribution >= 4 is 28.4 Å².